The molecule has 0 saturated carbocycles. The van der Waals surface area contributed by atoms with Crippen LogP contribution in [0.5, 0.6) is 0 Å². The molecule has 0 atom stereocenters. The van der Waals surface area contributed by atoms with E-state index in [0.29, 0.717) is 0 Å². The second kappa shape index (κ2) is 2.75. The van der Waals surface area contributed by atoms with Crippen LogP contribution in [0.4, 0.5) is 0 Å². The van der Waals surface area contributed by atoms with Crippen LogP contribution in [0.1, 0.15) is 11.1 Å². The molecule has 1 aliphatic rings. The molecule has 0 saturated heterocycles. The second-order valence-corrected chi connectivity index (χ2v) is 4.23. The lowest BCUT2D eigenvalue weighted by molar-refractivity contribution is 1.71. The van der Waals surface area contributed by atoms with Crippen molar-refractivity contribution in [3.8, 4) is 0 Å². The Bertz CT molecular complexity index is 568. The first-order valence-electron chi connectivity index (χ1n) is 4.35. The lowest BCUT2D eigenvalue weighted by Gasteiger charge is -2.04. The highest BCUT2D eigenvalue weighted by molar-refractivity contribution is 6.38. The molecule has 0 radical (unpaired) electrons. The standard InChI is InChI=1S/C12H6Cl2/c13-9-5-8-2-1-7-3-4-11(14)10(6-9)12(7)8/h1-6H. The van der Waals surface area contributed by atoms with E-state index in [4.69, 9.17) is 23.2 Å². The van der Waals surface area contributed by atoms with Gasteiger partial charge < -0.3 is 0 Å². The highest BCUT2D eigenvalue weighted by Gasteiger charge is 2.11. The molecule has 0 heterocycles. The van der Waals surface area contributed by atoms with E-state index in [-0.39, 0.29) is 0 Å². The summed E-state index contributed by atoms with van der Waals surface area (Å²) in [5.74, 6) is 0. The molecule has 0 unspecified atom stereocenters. The van der Waals surface area contributed by atoms with Crippen LogP contribution in [-0.2, 0) is 0 Å². The lowest BCUT2D eigenvalue weighted by Crippen LogP contribution is -1.80. The molecule has 2 aromatic carbocycles. The first-order chi connectivity index (χ1) is 6.75. The summed E-state index contributed by atoms with van der Waals surface area (Å²) in [6.45, 7) is 0. The largest absolute Gasteiger partial charge is 0.0843 e. The molecular weight excluding hydrogens is 215 g/mol. The fraction of sp³-hybridized carbons (Fsp3) is 0. The van der Waals surface area contributed by atoms with Crippen LogP contribution in [0.15, 0.2) is 24.3 Å². The molecule has 0 fully saturated rings. The van der Waals surface area contributed by atoms with Crippen LogP contribution in [0.2, 0.25) is 10.0 Å². The quantitative estimate of drug-likeness (QED) is 0.519. The van der Waals surface area contributed by atoms with Crippen molar-refractivity contribution < 1.29 is 0 Å². The summed E-state index contributed by atoms with van der Waals surface area (Å²) in [6, 6.07) is 7.83. The number of hydrogen-bond donors (Lipinski definition) is 0. The van der Waals surface area contributed by atoms with Crippen molar-refractivity contribution in [2.45, 2.75) is 0 Å². The van der Waals surface area contributed by atoms with E-state index in [1.54, 1.807) is 0 Å². The zero-order chi connectivity index (χ0) is 9.71. The molecule has 0 spiro atoms. The SMILES string of the molecule is Clc1cc2c3c(ccc(Cl)c3c1)C=C2. The Balaban J connectivity index is 2.60. The Labute approximate surface area is 91.8 Å². The summed E-state index contributed by atoms with van der Waals surface area (Å²) >= 11 is 12.1. The van der Waals surface area contributed by atoms with Gasteiger partial charge in [-0.15, -0.1) is 0 Å². The predicted octanol–water partition coefficient (Wildman–Crippen LogP) is 4.63. The Kier molecular flexibility index (Phi) is 1.64. The molecule has 0 aromatic heterocycles. The van der Waals surface area contributed by atoms with Crippen molar-refractivity contribution in [1.82, 2.24) is 0 Å². The summed E-state index contributed by atoms with van der Waals surface area (Å²) in [5.41, 5.74) is 2.38. The average Bonchev–Trinajstić information content (AvgIpc) is 2.55. The predicted molar refractivity (Wildman–Crippen MR) is 62.9 cm³/mol. The molecule has 0 bridgehead atoms. The smallest absolute Gasteiger partial charge is 0.0485 e. The van der Waals surface area contributed by atoms with Gasteiger partial charge in [-0.1, -0.05) is 41.4 Å². The Morgan fingerprint density at radius 2 is 1.64 bits per heavy atom. The minimum Gasteiger partial charge on any atom is -0.0843 e. The third-order valence-corrected chi connectivity index (χ3v) is 3.08. The highest BCUT2D eigenvalue weighted by atomic mass is 35.5. The van der Waals surface area contributed by atoms with Crippen molar-refractivity contribution in [3.05, 3.63) is 45.4 Å². The third-order valence-electron chi connectivity index (χ3n) is 2.53. The van der Waals surface area contributed by atoms with Gasteiger partial charge in [0.1, 0.15) is 0 Å². The van der Waals surface area contributed by atoms with E-state index in [1.807, 2.05) is 24.3 Å². The fourth-order valence-corrected chi connectivity index (χ4v) is 2.36. The Morgan fingerprint density at radius 1 is 0.857 bits per heavy atom. The van der Waals surface area contributed by atoms with E-state index in [2.05, 4.69) is 12.2 Å². The van der Waals surface area contributed by atoms with E-state index in [1.165, 1.54) is 10.9 Å². The normalized spacial score (nSPS) is 12.7. The van der Waals surface area contributed by atoms with Crippen LogP contribution in [-0.4, -0.2) is 0 Å². The first kappa shape index (κ1) is 8.34. The van der Waals surface area contributed by atoms with Crippen molar-refractivity contribution >= 4 is 46.1 Å². The average molecular weight is 221 g/mol. The highest BCUT2D eigenvalue weighted by Crippen LogP contribution is 2.37. The maximum Gasteiger partial charge on any atom is 0.0485 e. The third kappa shape index (κ3) is 1.01. The fourth-order valence-electron chi connectivity index (χ4n) is 1.92. The minimum absolute atomic E-state index is 0.734. The van der Waals surface area contributed by atoms with Crippen molar-refractivity contribution in [2.24, 2.45) is 0 Å². The zero-order valence-electron chi connectivity index (χ0n) is 7.22. The molecule has 1 aliphatic carbocycles. The Morgan fingerprint density at radius 3 is 2.50 bits per heavy atom. The van der Waals surface area contributed by atoms with Gasteiger partial charge in [-0.25, -0.2) is 0 Å². The molecule has 68 valence electrons. The van der Waals surface area contributed by atoms with Crippen molar-refractivity contribution in [1.29, 1.82) is 0 Å². The molecule has 3 rings (SSSR count). The van der Waals surface area contributed by atoms with Gasteiger partial charge >= 0.3 is 0 Å². The number of benzene rings is 2. The Hall–Kier alpha value is -0.980. The van der Waals surface area contributed by atoms with E-state index in [9.17, 15) is 0 Å². The van der Waals surface area contributed by atoms with Crippen molar-refractivity contribution in [2.75, 3.05) is 0 Å². The van der Waals surface area contributed by atoms with Gasteiger partial charge in [0, 0.05) is 15.4 Å². The van der Waals surface area contributed by atoms with Gasteiger partial charge in [-0.05, 0) is 34.7 Å². The molecule has 0 aliphatic heterocycles. The van der Waals surface area contributed by atoms with E-state index < -0.39 is 0 Å². The van der Waals surface area contributed by atoms with Crippen molar-refractivity contribution in [3.63, 3.8) is 0 Å². The number of rotatable bonds is 0. The molecule has 0 N–H and O–H groups in total. The lowest BCUT2D eigenvalue weighted by atomic mass is 10.0. The van der Waals surface area contributed by atoms with E-state index >= 15 is 0 Å². The number of hydrogen-bond acceptors (Lipinski definition) is 0. The van der Waals surface area contributed by atoms with Crippen LogP contribution < -0.4 is 0 Å². The van der Waals surface area contributed by atoms with E-state index in [0.717, 1.165) is 21.0 Å². The van der Waals surface area contributed by atoms with Gasteiger partial charge in [0.25, 0.3) is 0 Å². The maximum atomic E-state index is 6.11. The monoisotopic (exact) mass is 220 g/mol. The molecule has 2 aromatic rings. The maximum absolute atomic E-state index is 6.11. The zero-order valence-corrected chi connectivity index (χ0v) is 8.73. The van der Waals surface area contributed by atoms with Gasteiger partial charge in [-0.2, -0.15) is 0 Å². The van der Waals surface area contributed by atoms with Gasteiger partial charge in [0.05, 0.1) is 0 Å². The molecule has 2 heteroatoms. The molecular formula is C12H6Cl2. The van der Waals surface area contributed by atoms with Gasteiger partial charge in [0.2, 0.25) is 0 Å². The summed E-state index contributed by atoms with van der Waals surface area (Å²) in [5, 5.41) is 3.74. The first-order valence-corrected chi connectivity index (χ1v) is 5.11. The van der Waals surface area contributed by atoms with Gasteiger partial charge in [-0.3, -0.25) is 0 Å². The van der Waals surface area contributed by atoms with Crippen LogP contribution in [0.25, 0.3) is 22.9 Å². The summed E-state index contributed by atoms with van der Waals surface area (Å²) in [7, 11) is 0. The summed E-state index contributed by atoms with van der Waals surface area (Å²) in [4.78, 5) is 0. The van der Waals surface area contributed by atoms with Crippen LogP contribution in [0.3, 0.4) is 0 Å². The van der Waals surface area contributed by atoms with Gasteiger partial charge in [0.15, 0.2) is 0 Å². The molecule has 0 nitrogen and oxygen atoms in total. The molecule has 14 heavy (non-hydrogen) atoms. The number of halogens is 2. The summed E-state index contributed by atoms with van der Waals surface area (Å²) in [6.07, 6.45) is 4.16. The van der Waals surface area contributed by atoms with Crippen LogP contribution >= 0.6 is 23.2 Å². The summed E-state index contributed by atoms with van der Waals surface area (Å²) < 4.78 is 0. The topological polar surface area (TPSA) is 0 Å². The minimum atomic E-state index is 0.734. The molecule has 0 amide bonds. The second-order valence-electron chi connectivity index (χ2n) is 3.39. The van der Waals surface area contributed by atoms with Crippen LogP contribution in [0, 0.1) is 0 Å².